The molecule has 2 rings (SSSR count). The van der Waals surface area contributed by atoms with Gasteiger partial charge >= 0.3 is 0 Å². The Morgan fingerprint density at radius 1 is 1.65 bits per heavy atom. The summed E-state index contributed by atoms with van der Waals surface area (Å²) in [4.78, 5) is 16.1. The highest BCUT2D eigenvalue weighted by molar-refractivity contribution is 5.31. The molecule has 0 saturated heterocycles. The molecule has 3 N–H and O–H groups in total. The molecule has 1 fully saturated rings. The minimum atomic E-state index is -0.0138. The maximum atomic E-state index is 12.0. The molecule has 1 aliphatic rings. The first-order valence-electron chi connectivity index (χ1n) is 6.29. The molecule has 0 bridgehead atoms. The maximum Gasteiger partial charge on any atom is 0.293 e. The molecule has 94 valence electrons. The highest BCUT2D eigenvalue weighted by atomic mass is 16.1. The summed E-state index contributed by atoms with van der Waals surface area (Å²) in [6.45, 7) is 2.76. The lowest BCUT2D eigenvalue weighted by Crippen LogP contribution is -2.27. The molecular weight excluding hydrogens is 216 g/mol. The van der Waals surface area contributed by atoms with Crippen molar-refractivity contribution in [3.63, 3.8) is 0 Å². The summed E-state index contributed by atoms with van der Waals surface area (Å²) in [6, 6.07) is 0.584. The van der Waals surface area contributed by atoms with Crippen molar-refractivity contribution in [2.75, 3.05) is 11.9 Å². The second-order valence-electron chi connectivity index (χ2n) is 4.60. The molecule has 5 nitrogen and oxygen atoms in total. The van der Waals surface area contributed by atoms with Gasteiger partial charge < -0.3 is 15.6 Å². The van der Waals surface area contributed by atoms with Crippen molar-refractivity contribution in [1.82, 2.24) is 9.55 Å². The normalized spacial score (nSPS) is 16.8. The number of anilines is 1. The Morgan fingerprint density at radius 2 is 2.41 bits per heavy atom. The first-order valence-corrected chi connectivity index (χ1v) is 6.29. The van der Waals surface area contributed by atoms with E-state index in [4.69, 9.17) is 5.73 Å². The lowest BCUT2D eigenvalue weighted by Gasteiger charge is -2.10. The second-order valence-corrected chi connectivity index (χ2v) is 4.60. The van der Waals surface area contributed by atoms with Gasteiger partial charge in [-0.15, -0.1) is 0 Å². The Morgan fingerprint density at radius 3 is 3.06 bits per heavy atom. The summed E-state index contributed by atoms with van der Waals surface area (Å²) < 4.78 is 1.77. The van der Waals surface area contributed by atoms with E-state index in [2.05, 4.69) is 17.2 Å². The standard InChI is InChI=1S/C12H20N4O/c1-2-9(13)5-6-14-11-12(17)16(8-7-15-11)10-3-4-10/h7-10H,2-6,13H2,1H3,(H,14,15). The van der Waals surface area contributed by atoms with Crippen LogP contribution in [0.3, 0.4) is 0 Å². The lowest BCUT2D eigenvalue weighted by atomic mass is 10.2. The minimum Gasteiger partial charge on any atom is -0.365 e. The van der Waals surface area contributed by atoms with Crippen LogP contribution in [0.15, 0.2) is 17.2 Å². The van der Waals surface area contributed by atoms with Crippen molar-refractivity contribution < 1.29 is 0 Å². The number of hydrogen-bond acceptors (Lipinski definition) is 4. The Bertz CT molecular complexity index is 425. The van der Waals surface area contributed by atoms with Crippen LogP contribution in [0.2, 0.25) is 0 Å². The van der Waals surface area contributed by atoms with Gasteiger partial charge in [-0.2, -0.15) is 0 Å². The molecule has 1 unspecified atom stereocenters. The van der Waals surface area contributed by atoms with Crippen molar-refractivity contribution in [1.29, 1.82) is 0 Å². The van der Waals surface area contributed by atoms with Gasteiger partial charge in [0.1, 0.15) is 0 Å². The average Bonchev–Trinajstić information content (AvgIpc) is 3.15. The summed E-state index contributed by atoms with van der Waals surface area (Å²) in [7, 11) is 0. The van der Waals surface area contributed by atoms with Crippen molar-refractivity contribution in [3.8, 4) is 0 Å². The Balaban J connectivity index is 1.96. The summed E-state index contributed by atoms with van der Waals surface area (Å²) in [5.74, 6) is 0.447. The number of hydrogen-bond donors (Lipinski definition) is 2. The van der Waals surface area contributed by atoms with E-state index in [0.29, 0.717) is 18.4 Å². The van der Waals surface area contributed by atoms with E-state index < -0.39 is 0 Å². The van der Waals surface area contributed by atoms with Gasteiger partial charge in [0.15, 0.2) is 5.82 Å². The predicted octanol–water partition coefficient (Wildman–Crippen LogP) is 1.12. The first-order chi connectivity index (χ1) is 8.22. The smallest absolute Gasteiger partial charge is 0.293 e. The fraction of sp³-hybridized carbons (Fsp3) is 0.667. The monoisotopic (exact) mass is 236 g/mol. The molecule has 1 atom stereocenters. The zero-order valence-electron chi connectivity index (χ0n) is 10.2. The number of nitrogens with two attached hydrogens (primary N) is 1. The molecule has 1 aromatic heterocycles. The lowest BCUT2D eigenvalue weighted by molar-refractivity contribution is 0.611. The summed E-state index contributed by atoms with van der Waals surface area (Å²) >= 11 is 0. The SMILES string of the molecule is CCC(N)CCNc1nccn(C2CC2)c1=O. The van der Waals surface area contributed by atoms with Crippen LogP contribution in [-0.2, 0) is 0 Å². The van der Waals surface area contributed by atoms with Crippen LogP contribution in [0.25, 0.3) is 0 Å². The van der Waals surface area contributed by atoms with Crippen LogP contribution in [0.4, 0.5) is 5.82 Å². The molecule has 0 aromatic carbocycles. The van der Waals surface area contributed by atoms with Crippen LogP contribution in [-0.4, -0.2) is 22.1 Å². The Labute approximate surface area is 101 Å². The molecule has 1 aliphatic carbocycles. The second kappa shape index (κ2) is 5.31. The Hall–Kier alpha value is -1.36. The van der Waals surface area contributed by atoms with Crippen LogP contribution < -0.4 is 16.6 Å². The van der Waals surface area contributed by atoms with Crippen molar-refractivity contribution >= 4 is 5.82 Å². The molecule has 1 heterocycles. The van der Waals surface area contributed by atoms with Crippen LogP contribution >= 0.6 is 0 Å². The fourth-order valence-electron chi connectivity index (χ4n) is 1.77. The van der Waals surface area contributed by atoms with Crippen LogP contribution in [0.1, 0.15) is 38.6 Å². The molecule has 0 aliphatic heterocycles. The van der Waals surface area contributed by atoms with Crippen LogP contribution in [0, 0.1) is 0 Å². The topological polar surface area (TPSA) is 72.9 Å². The third kappa shape index (κ3) is 3.06. The molecule has 17 heavy (non-hydrogen) atoms. The van der Waals surface area contributed by atoms with E-state index in [-0.39, 0.29) is 11.6 Å². The Kier molecular flexibility index (Phi) is 3.78. The quantitative estimate of drug-likeness (QED) is 0.776. The number of nitrogens with one attached hydrogen (secondary N) is 1. The van der Waals surface area contributed by atoms with Crippen LogP contribution in [0.5, 0.6) is 0 Å². The summed E-state index contributed by atoms with van der Waals surface area (Å²) in [5, 5.41) is 3.08. The zero-order chi connectivity index (χ0) is 12.3. The van der Waals surface area contributed by atoms with E-state index in [1.54, 1.807) is 17.0 Å². The van der Waals surface area contributed by atoms with Crippen molar-refractivity contribution in [2.45, 2.75) is 44.7 Å². The predicted molar refractivity (Wildman–Crippen MR) is 68.1 cm³/mol. The van der Waals surface area contributed by atoms with Gasteiger partial charge in [0.25, 0.3) is 5.56 Å². The van der Waals surface area contributed by atoms with E-state index >= 15 is 0 Å². The van der Waals surface area contributed by atoms with Gasteiger partial charge in [0, 0.05) is 31.0 Å². The highest BCUT2D eigenvalue weighted by Gasteiger charge is 2.25. The van der Waals surface area contributed by atoms with Gasteiger partial charge in [-0.3, -0.25) is 4.79 Å². The molecule has 0 radical (unpaired) electrons. The van der Waals surface area contributed by atoms with Crippen molar-refractivity contribution in [2.24, 2.45) is 5.73 Å². The van der Waals surface area contributed by atoms with Crippen molar-refractivity contribution in [3.05, 3.63) is 22.7 Å². The maximum absolute atomic E-state index is 12.0. The minimum absolute atomic E-state index is 0.0138. The zero-order valence-corrected chi connectivity index (χ0v) is 10.2. The number of nitrogens with zero attached hydrogens (tertiary/aromatic N) is 2. The van der Waals surface area contributed by atoms with E-state index in [9.17, 15) is 4.79 Å². The van der Waals surface area contributed by atoms with Gasteiger partial charge in [0.2, 0.25) is 0 Å². The number of rotatable bonds is 6. The third-order valence-corrected chi connectivity index (χ3v) is 3.14. The molecular formula is C12H20N4O. The molecule has 5 heteroatoms. The molecule has 1 aromatic rings. The van der Waals surface area contributed by atoms with Gasteiger partial charge in [0.05, 0.1) is 0 Å². The summed E-state index contributed by atoms with van der Waals surface area (Å²) in [6.07, 6.45) is 7.46. The molecule has 0 spiro atoms. The average molecular weight is 236 g/mol. The highest BCUT2D eigenvalue weighted by Crippen LogP contribution is 2.33. The van der Waals surface area contributed by atoms with E-state index in [0.717, 1.165) is 25.7 Å². The van der Waals surface area contributed by atoms with Gasteiger partial charge in [-0.05, 0) is 25.7 Å². The van der Waals surface area contributed by atoms with Gasteiger partial charge in [-0.25, -0.2) is 4.98 Å². The third-order valence-electron chi connectivity index (χ3n) is 3.14. The van der Waals surface area contributed by atoms with Gasteiger partial charge in [-0.1, -0.05) is 6.92 Å². The molecule has 1 saturated carbocycles. The largest absolute Gasteiger partial charge is 0.365 e. The number of aromatic nitrogens is 2. The molecule has 0 amide bonds. The fourth-order valence-corrected chi connectivity index (χ4v) is 1.77. The summed E-state index contributed by atoms with van der Waals surface area (Å²) in [5.41, 5.74) is 5.81. The first kappa shape index (κ1) is 12.1. The van der Waals surface area contributed by atoms with E-state index in [1.807, 2.05) is 0 Å². The van der Waals surface area contributed by atoms with E-state index in [1.165, 1.54) is 0 Å².